The first kappa shape index (κ1) is 23.7. The number of hydrogen-bond acceptors (Lipinski definition) is 6. The van der Waals surface area contributed by atoms with E-state index in [-0.39, 0.29) is 5.91 Å². The lowest BCUT2D eigenvalue weighted by atomic mass is 10.1. The third-order valence-electron chi connectivity index (χ3n) is 5.14. The van der Waals surface area contributed by atoms with Crippen LogP contribution < -0.4 is 10.2 Å². The van der Waals surface area contributed by atoms with Crippen molar-refractivity contribution in [2.75, 3.05) is 24.5 Å². The number of aromatic nitrogens is 3. The summed E-state index contributed by atoms with van der Waals surface area (Å²) in [6, 6.07) is 15.6. The second kappa shape index (κ2) is 12.2. The molecule has 168 valence electrons. The number of benzene rings is 1. The molecule has 1 aromatic carbocycles. The predicted octanol–water partition coefficient (Wildman–Crippen LogP) is 4.55. The summed E-state index contributed by atoms with van der Waals surface area (Å²) < 4.78 is 0. The fraction of sp³-hybridized carbons (Fsp3) is 0.360. The van der Waals surface area contributed by atoms with E-state index in [1.807, 2.05) is 42.5 Å². The standard InChI is InChI=1S/C25H31N5OS/c1-4-21-17-23(30(5-2)6-3)29-25(28-21)32-18-19-10-9-11-20(16-19)24(31)27-15-13-22-12-7-8-14-26-22/h7-12,14,16-17H,4-6,13,15,18H2,1-3H3,(H,27,31). The Kier molecular flexibility index (Phi) is 9.04. The highest BCUT2D eigenvalue weighted by molar-refractivity contribution is 7.98. The van der Waals surface area contributed by atoms with Crippen molar-refractivity contribution >= 4 is 23.5 Å². The predicted molar refractivity (Wildman–Crippen MR) is 131 cm³/mol. The highest BCUT2D eigenvalue weighted by Crippen LogP contribution is 2.23. The number of nitrogens with zero attached hydrogens (tertiary/aromatic N) is 4. The average Bonchev–Trinajstić information content (AvgIpc) is 2.84. The first-order valence-corrected chi connectivity index (χ1v) is 12.1. The number of amides is 1. The maximum atomic E-state index is 12.6. The smallest absolute Gasteiger partial charge is 0.251 e. The Morgan fingerprint density at radius 2 is 1.84 bits per heavy atom. The normalized spacial score (nSPS) is 10.7. The van der Waals surface area contributed by atoms with Gasteiger partial charge in [0.15, 0.2) is 5.16 Å². The summed E-state index contributed by atoms with van der Waals surface area (Å²) in [4.78, 5) is 28.5. The molecule has 6 nitrogen and oxygen atoms in total. The second-order valence-electron chi connectivity index (χ2n) is 7.34. The maximum Gasteiger partial charge on any atom is 0.251 e. The van der Waals surface area contributed by atoms with E-state index in [9.17, 15) is 4.79 Å². The van der Waals surface area contributed by atoms with E-state index in [0.717, 1.165) is 47.4 Å². The zero-order chi connectivity index (χ0) is 22.8. The Labute approximate surface area is 194 Å². The van der Waals surface area contributed by atoms with Crippen LogP contribution in [-0.2, 0) is 18.6 Å². The van der Waals surface area contributed by atoms with Gasteiger partial charge in [-0.15, -0.1) is 0 Å². The second-order valence-corrected chi connectivity index (χ2v) is 8.28. The van der Waals surface area contributed by atoms with Crippen LogP contribution in [0.5, 0.6) is 0 Å². The van der Waals surface area contributed by atoms with Crippen molar-refractivity contribution in [3.63, 3.8) is 0 Å². The van der Waals surface area contributed by atoms with E-state index < -0.39 is 0 Å². The Bertz CT molecular complexity index is 1010. The number of carbonyl (C=O) groups excluding carboxylic acids is 1. The molecule has 0 aliphatic rings. The van der Waals surface area contributed by atoms with Crippen LogP contribution >= 0.6 is 11.8 Å². The van der Waals surface area contributed by atoms with Crippen molar-refractivity contribution in [2.24, 2.45) is 0 Å². The van der Waals surface area contributed by atoms with Gasteiger partial charge in [0.1, 0.15) is 5.82 Å². The molecule has 0 radical (unpaired) electrons. The van der Waals surface area contributed by atoms with Crippen molar-refractivity contribution in [3.05, 3.63) is 77.2 Å². The minimum Gasteiger partial charge on any atom is -0.357 e. The van der Waals surface area contributed by atoms with Gasteiger partial charge in [-0.25, -0.2) is 9.97 Å². The van der Waals surface area contributed by atoms with Crippen LogP contribution in [0.4, 0.5) is 5.82 Å². The van der Waals surface area contributed by atoms with Gasteiger partial charge in [0.05, 0.1) is 0 Å². The molecule has 0 spiro atoms. The number of hydrogen-bond donors (Lipinski definition) is 1. The van der Waals surface area contributed by atoms with Crippen LogP contribution in [0, 0.1) is 0 Å². The lowest BCUT2D eigenvalue weighted by molar-refractivity contribution is 0.0954. The van der Waals surface area contributed by atoms with E-state index in [4.69, 9.17) is 4.98 Å². The molecule has 0 bridgehead atoms. The molecule has 1 amide bonds. The van der Waals surface area contributed by atoms with Gasteiger partial charge in [-0.2, -0.15) is 0 Å². The maximum absolute atomic E-state index is 12.6. The van der Waals surface area contributed by atoms with Crippen LogP contribution in [0.25, 0.3) is 0 Å². The molecule has 2 heterocycles. The van der Waals surface area contributed by atoms with Gasteiger partial charge in [-0.05, 0) is 50.1 Å². The molecule has 3 aromatic rings. The van der Waals surface area contributed by atoms with Crippen molar-refractivity contribution in [1.82, 2.24) is 20.3 Å². The zero-order valence-electron chi connectivity index (χ0n) is 19.0. The summed E-state index contributed by atoms with van der Waals surface area (Å²) in [6.45, 7) is 8.77. The molecular formula is C25H31N5OS. The fourth-order valence-electron chi connectivity index (χ4n) is 3.32. The Morgan fingerprint density at radius 3 is 2.56 bits per heavy atom. The fourth-order valence-corrected chi connectivity index (χ4v) is 4.13. The van der Waals surface area contributed by atoms with E-state index >= 15 is 0 Å². The summed E-state index contributed by atoms with van der Waals surface area (Å²) in [5.74, 6) is 1.62. The number of anilines is 1. The summed E-state index contributed by atoms with van der Waals surface area (Å²) >= 11 is 1.60. The van der Waals surface area contributed by atoms with Crippen LogP contribution in [-0.4, -0.2) is 40.5 Å². The summed E-state index contributed by atoms with van der Waals surface area (Å²) in [6.07, 6.45) is 3.35. The van der Waals surface area contributed by atoms with Crippen molar-refractivity contribution < 1.29 is 4.79 Å². The number of rotatable bonds is 11. The Morgan fingerprint density at radius 1 is 1.00 bits per heavy atom. The highest BCUT2D eigenvalue weighted by atomic mass is 32.2. The molecule has 0 fully saturated rings. The lowest BCUT2D eigenvalue weighted by Gasteiger charge is -2.20. The van der Waals surface area contributed by atoms with E-state index in [2.05, 4.69) is 47.0 Å². The monoisotopic (exact) mass is 449 g/mol. The van der Waals surface area contributed by atoms with E-state index in [0.29, 0.717) is 24.3 Å². The Balaban J connectivity index is 1.61. The molecule has 2 aromatic heterocycles. The third-order valence-corrected chi connectivity index (χ3v) is 6.06. The van der Waals surface area contributed by atoms with Crippen molar-refractivity contribution in [1.29, 1.82) is 0 Å². The molecule has 7 heteroatoms. The SMILES string of the molecule is CCc1cc(N(CC)CC)nc(SCc2cccc(C(=O)NCCc3ccccn3)c2)n1. The first-order valence-electron chi connectivity index (χ1n) is 11.2. The van der Waals surface area contributed by atoms with Crippen LogP contribution in [0.2, 0.25) is 0 Å². The molecule has 1 N–H and O–H groups in total. The van der Waals surface area contributed by atoms with E-state index in [1.165, 1.54) is 0 Å². The molecule has 3 rings (SSSR count). The van der Waals surface area contributed by atoms with Gasteiger partial charge in [-0.1, -0.05) is 36.9 Å². The number of pyridine rings is 1. The third kappa shape index (κ3) is 6.79. The molecule has 0 saturated heterocycles. The lowest BCUT2D eigenvalue weighted by Crippen LogP contribution is -2.25. The van der Waals surface area contributed by atoms with Crippen molar-refractivity contribution in [2.45, 2.75) is 44.5 Å². The average molecular weight is 450 g/mol. The number of carbonyl (C=O) groups is 1. The largest absolute Gasteiger partial charge is 0.357 e. The zero-order valence-corrected chi connectivity index (χ0v) is 19.9. The molecular weight excluding hydrogens is 418 g/mol. The number of nitrogens with one attached hydrogen (secondary N) is 1. The van der Waals surface area contributed by atoms with E-state index in [1.54, 1.807) is 18.0 Å². The van der Waals surface area contributed by atoms with Gasteiger partial charge in [0.2, 0.25) is 0 Å². The van der Waals surface area contributed by atoms with Crippen molar-refractivity contribution in [3.8, 4) is 0 Å². The topological polar surface area (TPSA) is 71.0 Å². The van der Waals surface area contributed by atoms with Gasteiger partial charge in [0, 0.05) is 61.0 Å². The number of aryl methyl sites for hydroxylation is 1. The van der Waals surface area contributed by atoms with Crippen LogP contribution in [0.15, 0.2) is 59.9 Å². The quantitative estimate of drug-likeness (QED) is 0.342. The molecule has 0 saturated carbocycles. The van der Waals surface area contributed by atoms with Crippen LogP contribution in [0.3, 0.4) is 0 Å². The summed E-state index contributed by atoms with van der Waals surface area (Å²) in [7, 11) is 0. The highest BCUT2D eigenvalue weighted by Gasteiger charge is 2.11. The summed E-state index contributed by atoms with van der Waals surface area (Å²) in [5.41, 5.74) is 3.75. The van der Waals surface area contributed by atoms with Gasteiger partial charge < -0.3 is 10.2 Å². The molecule has 0 unspecified atom stereocenters. The number of thioether (sulfide) groups is 1. The van der Waals surface area contributed by atoms with Gasteiger partial charge in [-0.3, -0.25) is 9.78 Å². The summed E-state index contributed by atoms with van der Waals surface area (Å²) in [5, 5.41) is 3.75. The molecule has 32 heavy (non-hydrogen) atoms. The minimum absolute atomic E-state index is 0.0687. The molecule has 0 atom stereocenters. The van der Waals surface area contributed by atoms with Gasteiger partial charge >= 0.3 is 0 Å². The van der Waals surface area contributed by atoms with Crippen LogP contribution in [0.1, 0.15) is 48.1 Å². The molecule has 0 aliphatic heterocycles. The first-order chi connectivity index (χ1) is 15.6. The minimum atomic E-state index is -0.0687. The Hall–Kier alpha value is -2.93. The van der Waals surface area contributed by atoms with Gasteiger partial charge in [0.25, 0.3) is 5.91 Å². The molecule has 0 aliphatic carbocycles.